The second-order valence-corrected chi connectivity index (χ2v) is 10.5. The number of ether oxygens (including phenoxy) is 1. The predicted molar refractivity (Wildman–Crippen MR) is 63.1 cm³/mol. The predicted octanol–water partition coefficient (Wildman–Crippen LogP) is 3.16. The van der Waals surface area contributed by atoms with Gasteiger partial charge in [0.1, 0.15) is 0 Å². The van der Waals surface area contributed by atoms with Gasteiger partial charge in [-0.3, -0.25) is 0 Å². The van der Waals surface area contributed by atoms with Crippen LogP contribution in [0.3, 0.4) is 0 Å². The molecule has 1 fully saturated rings. The first-order chi connectivity index (χ1) is 6.50. The van der Waals surface area contributed by atoms with Crippen molar-refractivity contribution in [3.8, 4) is 0 Å². The summed E-state index contributed by atoms with van der Waals surface area (Å²) in [4.78, 5) is 0. The quantitative estimate of drug-likeness (QED) is 0.602. The molecule has 2 aliphatic rings. The molecule has 14 heavy (non-hydrogen) atoms. The maximum Gasteiger partial charge on any atom is 0.0779 e. The fourth-order valence-corrected chi connectivity index (χ4v) is 5.29. The van der Waals surface area contributed by atoms with Crippen LogP contribution in [0.1, 0.15) is 13.3 Å². The van der Waals surface area contributed by atoms with E-state index in [9.17, 15) is 0 Å². The summed E-state index contributed by atoms with van der Waals surface area (Å²) in [5, 5.41) is 1.69. The zero-order valence-electron chi connectivity index (χ0n) is 9.68. The first kappa shape index (κ1) is 10.2. The van der Waals surface area contributed by atoms with Crippen LogP contribution in [0.25, 0.3) is 0 Å². The Morgan fingerprint density at radius 2 is 2.07 bits per heavy atom. The average Bonchev–Trinajstić information content (AvgIpc) is 2.48. The Labute approximate surface area is 87.9 Å². The first-order valence-electron chi connectivity index (χ1n) is 5.48. The van der Waals surface area contributed by atoms with Crippen LogP contribution in [-0.4, -0.2) is 21.3 Å². The number of hydrogen-bond donors (Lipinski definition) is 0. The zero-order chi connectivity index (χ0) is 10.3. The van der Waals surface area contributed by atoms with Gasteiger partial charge in [-0.1, -0.05) is 36.5 Å². The lowest BCUT2D eigenvalue weighted by atomic mass is 9.91. The van der Waals surface area contributed by atoms with Gasteiger partial charge in [0.2, 0.25) is 0 Å². The van der Waals surface area contributed by atoms with Crippen molar-refractivity contribution >= 4 is 8.07 Å². The highest BCUT2D eigenvalue weighted by Crippen LogP contribution is 2.38. The molecule has 2 rings (SSSR count). The summed E-state index contributed by atoms with van der Waals surface area (Å²) < 4.78 is 5.60. The second-order valence-electron chi connectivity index (χ2n) is 5.49. The van der Waals surface area contributed by atoms with Crippen LogP contribution in [0.4, 0.5) is 0 Å². The molecule has 1 unspecified atom stereocenters. The number of rotatable bonds is 1. The van der Waals surface area contributed by atoms with E-state index >= 15 is 0 Å². The Hall–Kier alpha value is -0.343. The molecule has 1 saturated heterocycles. The average molecular weight is 208 g/mol. The van der Waals surface area contributed by atoms with Gasteiger partial charge in [-0.05, 0) is 18.9 Å². The van der Waals surface area contributed by atoms with Crippen molar-refractivity contribution in [1.29, 1.82) is 0 Å². The maximum atomic E-state index is 5.60. The molecule has 0 aromatic carbocycles. The normalized spacial score (nSPS) is 27.7. The van der Waals surface area contributed by atoms with E-state index in [-0.39, 0.29) is 0 Å². The highest BCUT2D eigenvalue weighted by atomic mass is 28.3. The van der Waals surface area contributed by atoms with E-state index in [0.717, 1.165) is 13.2 Å². The smallest absolute Gasteiger partial charge is 0.0779 e. The van der Waals surface area contributed by atoms with Crippen molar-refractivity contribution in [2.75, 3.05) is 13.2 Å². The van der Waals surface area contributed by atoms with E-state index in [1.165, 1.54) is 12.0 Å². The Morgan fingerprint density at radius 3 is 2.71 bits per heavy atom. The van der Waals surface area contributed by atoms with Crippen molar-refractivity contribution in [3.05, 3.63) is 22.4 Å². The molecule has 0 aromatic heterocycles. The van der Waals surface area contributed by atoms with Crippen LogP contribution < -0.4 is 0 Å². The molecule has 0 N–H and O–H groups in total. The molecule has 1 atom stereocenters. The Kier molecular flexibility index (Phi) is 2.44. The lowest BCUT2D eigenvalue weighted by Crippen LogP contribution is -2.29. The largest absolute Gasteiger partial charge is 0.376 e. The van der Waals surface area contributed by atoms with Crippen molar-refractivity contribution in [1.82, 2.24) is 0 Å². The lowest BCUT2D eigenvalue weighted by molar-refractivity contribution is 0.189. The molecule has 2 heteroatoms. The molecule has 1 aliphatic heterocycles. The summed E-state index contributed by atoms with van der Waals surface area (Å²) in [6, 6.07) is 0. The van der Waals surface area contributed by atoms with Crippen LogP contribution in [0.5, 0.6) is 0 Å². The number of allylic oxidation sites excluding steroid dienone is 3. The van der Waals surface area contributed by atoms with Crippen molar-refractivity contribution < 1.29 is 4.74 Å². The topological polar surface area (TPSA) is 9.23 Å². The van der Waals surface area contributed by atoms with Gasteiger partial charge in [0, 0.05) is 5.92 Å². The highest BCUT2D eigenvalue weighted by Gasteiger charge is 2.33. The molecule has 0 saturated carbocycles. The van der Waals surface area contributed by atoms with Crippen LogP contribution in [0, 0.1) is 5.92 Å². The van der Waals surface area contributed by atoms with E-state index in [2.05, 4.69) is 32.6 Å². The fourth-order valence-electron chi connectivity index (χ4n) is 2.76. The fraction of sp³-hybridized carbons (Fsp3) is 0.667. The van der Waals surface area contributed by atoms with Gasteiger partial charge in [-0.15, -0.1) is 0 Å². The first-order valence-corrected chi connectivity index (χ1v) is 8.98. The maximum absolute atomic E-state index is 5.60. The third-order valence-corrected chi connectivity index (χ3v) is 5.46. The van der Waals surface area contributed by atoms with Crippen LogP contribution in [-0.2, 0) is 4.74 Å². The number of fused-ring (bicyclic) bond motifs is 1. The molecular weight excluding hydrogens is 188 g/mol. The molecular formula is C12H20OSi. The summed E-state index contributed by atoms with van der Waals surface area (Å²) in [5.74, 6) is 0.709. The second kappa shape index (κ2) is 3.35. The Bertz CT molecular complexity index is 307. The van der Waals surface area contributed by atoms with Gasteiger partial charge in [0.25, 0.3) is 0 Å². The van der Waals surface area contributed by atoms with E-state index in [0.29, 0.717) is 5.92 Å². The summed E-state index contributed by atoms with van der Waals surface area (Å²) in [6.45, 7) is 11.4. The number of hydrogen-bond acceptors (Lipinski definition) is 1. The van der Waals surface area contributed by atoms with Gasteiger partial charge in [0.05, 0.1) is 21.3 Å². The summed E-state index contributed by atoms with van der Waals surface area (Å²) in [7, 11) is -1.17. The van der Waals surface area contributed by atoms with Crippen LogP contribution >= 0.6 is 0 Å². The van der Waals surface area contributed by atoms with E-state index in [1.807, 2.05) is 0 Å². The minimum atomic E-state index is -1.17. The molecule has 1 heterocycles. The molecule has 0 spiro atoms. The summed E-state index contributed by atoms with van der Waals surface area (Å²) in [6.07, 6.45) is 3.62. The SMILES string of the molecule is CC1=CCC2COCC2=C1[Si](C)(C)C. The van der Waals surface area contributed by atoms with E-state index in [1.54, 1.807) is 10.8 Å². The Balaban J connectivity index is 2.46. The van der Waals surface area contributed by atoms with Crippen LogP contribution in [0.15, 0.2) is 22.4 Å². The van der Waals surface area contributed by atoms with E-state index < -0.39 is 8.07 Å². The van der Waals surface area contributed by atoms with Gasteiger partial charge in [-0.2, -0.15) is 0 Å². The van der Waals surface area contributed by atoms with Gasteiger partial charge in [0.15, 0.2) is 0 Å². The molecule has 0 amide bonds. The lowest BCUT2D eigenvalue weighted by Gasteiger charge is -2.29. The molecule has 0 radical (unpaired) electrons. The minimum absolute atomic E-state index is 0.709. The third kappa shape index (κ3) is 1.61. The van der Waals surface area contributed by atoms with Gasteiger partial charge < -0.3 is 4.74 Å². The molecule has 1 aliphatic carbocycles. The van der Waals surface area contributed by atoms with E-state index in [4.69, 9.17) is 4.74 Å². The zero-order valence-corrected chi connectivity index (χ0v) is 10.7. The van der Waals surface area contributed by atoms with Gasteiger partial charge >= 0.3 is 0 Å². The van der Waals surface area contributed by atoms with Gasteiger partial charge in [-0.25, -0.2) is 0 Å². The van der Waals surface area contributed by atoms with Crippen molar-refractivity contribution in [2.24, 2.45) is 5.92 Å². The highest BCUT2D eigenvalue weighted by molar-refractivity contribution is 6.84. The molecule has 1 nitrogen and oxygen atoms in total. The summed E-state index contributed by atoms with van der Waals surface area (Å²) in [5.41, 5.74) is 3.16. The van der Waals surface area contributed by atoms with Crippen molar-refractivity contribution in [2.45, 2.75) is 33.0 Å². The standard InChI is InChI=1S/C12H20OSi/c1-9-5-6-10-7-13-8-11(10)12(9)14(2,3)4/h5,10H,6-8H2,1-4H3. The summed E-state index contributed by atoms with van der Waals surface area (Å²) >= 11 is 0. The minimum Gasteiger partial charge on any atom is -0.376 e. The van der Waals surface area contributed by atoms with Crippen molar-refractivity contribution in [3.63, 3.8) is 0 Å². The monoisotopic (exact) mass is 208 g/mol. The molecule has 0 bridgehead atoms. The Morgan fingerprint density at radius 1 is 1.36 bits per heavy atom. The molecule has 78 valence electrons. The third-order valence-electron chi connectivity index (χ3n) is 3.24. The van der Waals surface area contributed by atoms with Crippen LogP contribution in [0.2, 0.25) is 19.6 Å². The molecule has 0 aromatic rings.